The van der Waals surface area contributed by atoms with Crippen LogP contribution in [-0.4, -0.2) is 25.5 Å². The first kappa shape index (κ1) is 19.9. The molecule has 1 N–H and O–H groups in total. The van der Waals surface area contributed by atoms with Crippen molar-refractivity contribution >= 4 is 50.7 Å². The number of benzene rings is 1. The Morgan fingerprint density at radius 3 is 2.70 bits per heavy atom. The highest BCUT2D eigenvalue weighted by molar-refractivity contribution is 9.10. The van der Waals surface area contributed by atoms with E-state index in [-0.39, 0.29) is 5.91 Å². The Labute approximate surface area is 175 Å². The summed E-state index contributed by atoms with van der Waals surface area (Å²) in [6.07, 6.45) is 3.41. The van der Waals surface area contributed by atoms with Crippen LogP contribution in [0.3, 0.4) is 0 Å². The molecular weight excluding hydrogens is 453 g/mol. The van der Waals surface area contributed by atoms with E-state index < -0.39 is 6.04 Å². The lowest BCUT2D eigenvalue weighted by atomic mass is 10.2. The Morgan fingerprint density at radius 1 is 1.33 bits per heavy atom. The zero-order valence-corrected chi connectivity index (χ0v) is 18.1. The number of rotatable bonds is 5. The maximum atomic E-state index is 12.6. The summed E-state index contributed by atoms with van der Waals surface area (Å²) in [5.41, 5.74) is 3.18. The van der Waals surface area contributed by atoms with Crippen LogP contribution in [0.25, 0.3) is 0 Å². The van der Waals surface area contributed by atoms with Crippen LogP contribution < -0.4 is 5.32 Å². The van der Waals surface area contributed by atoms with Crippen molar-refractivity contribution in [2.75, 3.05) is 5.32 Å². The second-order valence-electron chi connectivity index (χ2n) is 6.24. The molecule has 0 aliphatic heterocycles. The van der Waals surface area contributed by atoms with E-state index in [2.05, 4.69) is 31.4 Å². The molecule has 1 aromatic carbocycles. The molecule has 0 bridgehead atoms. The highest BCUT2D eigenvalue weighted by Gasteiger charge is 2.20. The molecule has 0 aliphatic carbocycles. The van der Waals surface area contributed by atoms with Crippen LogP contribution >= 0.6 is 39.1 Å². The van der Waals surface area contributed by atoms with Gasteiger partial charge in [0.2, 0.25) is 5.91 Å². The largest absolute Gasteiger partial charge is 0.321 e. The smallest absolute Gasteiger partial charge is 0.249 e. The Morgan fingerprint density at radius 2 is 2.07 bits per heavy atom. The SMILES string of the molecule is Cc1nn(Cc2ccc(Cl)cc2Cl)c(C)c1NC(=O)C(C)n1cc(Br)cn1. The number of carbonyl (C=O) groups is 1. The number of hydrogen-bond acceptors (Lipinski definition) is 3. The third-order valence-electron chi connectivity index (χ3n) is 4.31. The molecule has 3 aromatic rings. The van der Waals surface area contributed by atoms with Crippen molar-refractivity contribution in [1.82, 2.24) is 19.6 Å². The Bertz CT molecular complexity index is 998. The summed E-state index contributed by atoms with van der Waals surface area (Å²) in [6.45, 7) is 6.05. The van der Waals surface area contributed by atoms with Gasteiger partial charge < -0.3 is 5.32 Å². The molecule has 1 unspecified atom stereocenters. The minimum atomic E-state index is -0.454. The van der Waals surface area contributed by atoms with Gasteiger partial charge >= 0.3 is 0 Å². The number of aromatic nitrogens is 4. The first-order chi connectivity index (χ1) is 12.8. The monoisotopic (exact) mass is 469 g/mol. The predicted octanol–water partition coefficient (Wildman–Crippen LogP) is 5.01. The summed E-state index contributed by atoms with van der Waals surface area (Å²) in [7, 11) is 0. The molecule has 27 heavy (non-hydrogen) atoms. The molecule has 142 valence electrons. The van der Waals surface area contributed by atoms with E-state index in [1.807, 2.05) is 24.6 Å². The number of halogens is 3. The molecule has 0 fully saturated rings. The molecule has 0 saturated carbocycles. The normalized spacial score (nSPS) is 12.2. The highest BCUT2D eigenvalue weighted by Crippen LogP contribution is 2.25. The van der Waals surface area contributed by atoms with E-state index in [4.69, 9.17) is 23.2 Å². The van der Waals surface area contributed by atoms with Gasteiger partial charge in [-0.25, -0.2) is 0 Å². The summed E-state index contributed by atoms with van der Waals surface area (Å²) in [5, 5.41) is 12.8. The lowest BCUT2D eigenvalue weighted by Crippen LogP contribution is -2.24. The van der Waals surface area contributed by atoms with E-state index in [1.54, 1.807) is 36.1 Å². The fraction of sp³-hybridized carbons (Fsp3) is 0.278. The van der Waals surface area contributed by atoms with Gasteiger partial charge in [0.15, 0.2) is 0 Å². The molecular formula is C18H18BrCl2N5O. The van der Waals surface area contributed by atoms with Gasteiger partial charge in [0.1, 0.15) is 6.04 Å². The number of amides is 1. The van der Waals surface area contributed by atoms with Gasteiger partial charge in [-0.2, -0.15) is 10.2 Å². The Balaban J connectivity index is 1.80. The van der Waals surface area contributed by atoms with Crippen molar-refractivity contribution in [1.29, 1.82) is 0 Å². The Hall–Kier alpha value is -1.83. The molecule has 3 rings (SSSR count). The Kier molecular flexibility index (Phi) is 5.93. The first-order valence-corrected chi connectivity index (χ1v) is 9.79. The van der Waals surface area contributed by atoms with Crippen molar-refractivity contribution in [3.8, 4) is 0 Å². The average molecular weight is 471 g/mol. The van der Waals surface area contributed by atoms with Gasteiger partial charge in [0.25, 0.3) is 0 Å². The van der Waals surface area contributed by atoms with Gasteiger partial charge in [0.05, 0.1) is 34.3 Å². The summed E-state index contributed by atoms with van der Waals surface area (Å²) in [4.78, 5) is 12.6. The molecule has 2 aromatic heterocycles. The number of carbonyl (C=O) groups excluding carboxylic acids is 1. The number of anilines is 1. The van der Waals surface area contributed by atoms with Crippen LogP contribution in [0.2, 0.25) is 10.0 Å². The summed E-state index contributed by atoms with van der Waals surface area (Å²) < 4.78 is 4.24. The molecule has 0 radical (unpaired) electrons. The van der Waals surface area contributed by atoms with Gasteiger partial charge in [-0.3, -0.25) is 14.2 Å². The molecule has 9 heteroatoms. The molecule has 0 saturated heterocycles. The van der Waals surface area contributed by atoms with Gasteiger partial charge in [-0.1, -0.05) is 29.3 Å². The number of aryl methyl sites for hydroxylation is 1. The van der Waals surface area contributed by atoms with Crippen molar-refractivity contribution < 1.29 is 4.79 Å². The zero-order chi connectivity index (χ0) is 19.7. The first-order valence-electron chi connectivity index (χ1n) is 8.24. The van der Waals surface area contributed by atoms with E-state index in [0.29, 0.717) is 22.3 Å². The van der Waals surface area contributed by atoms with E-state index in [9.17, 15) is 4.79 Å². The van der Waals surface area contributed by atoms with Crippen LogP contribution in [0.5, 0.6) is 0 Å². The fourth-order valence-corrected chi connectivity index (χ4v) is 3.49. The van der Waals surface area contributed by atoms with Crippen molar-refractivity contribution in [2.45, 2.75) is 33.4 Å². The topological polar surface area (TPSA) is 64.7 Å². The highest BCUT2D eigenvalue weighted by atomic mass is 79.9. The van der Waals surface area contributed by atoms with Crippen molar-refractivity contribution in [2.24, 2.45) is 0 Å². The predicted molar refractivity (Wildman–Crippen MR) is 111 cm³/mol. The second-order valence-corrected chi connectivity index (χ2v) is 8.00. The molecule has 2 heterocycles. The van der Waals surface area contributed by atoms with Crippen LogP contribution in [0.4, 0.5) is 5.69 Å². The number of hydrogen-bond donors (Lipinski definition) is 1. The molecule has 0 spiro atoms. The third kappa shape index (κ3) is 4.36. The van der Waals surface area contributed by atoms with Crippen LogP contribution in [0.1, 0.15) is 29.9 Å². The maximum absolute atomic E-state index is 12.6. The van der Waals surface area contributed by atoms with Crippen LogP contribution in [0.15, 0.2) is 35.1 Å². The van der Waals surface area contributed by atoms with Gasteiger partial charge in [-0.15, -0.1) is 0 Å². The number of nitrogens with zero attached hydrogens (tertiary/aromatic N) is 4. The van der Waals surface area contributed by atoms with Gasteiger partial charge in [0, 0.05) is 16.2 Å². The summed E-state index contributed by atoms with van der Waals surface area (Å²) >= 11 is 15.6. The molecule has 6 nitrogen and oxygen atoms in total. The van der Waals surface area contributed by atoms with Crippen molar-refractivity contribution in [3.05, 3.63) is 62.1 Å². The zero-order valence-electron chi connectivity index (χ0n) is 15.0. The van der Waals surface area contributed by atoms with E-state index in [1.165, 1.54) is 0 Å². The lowest BCUT2D eigenvalue weighted by molar-refractivity contribution is -0.119. The molecule has 0 aliphatic rings. The minimum absolute atomic E-state index is 0.166. The van der Waals surface area contributed by atoms with Crippen LogP contribution in [0, 0.1) is 13.8 Å². The summed E-state index contributed by atoms with van der Waals surface area (Å²) in [5.74, 6) is -0.166. The molecule has 1 atom stereocenters. The fourth-order valence-electron chi connectivity index (χ4n) is 2.72. The maximum Gasteiger partial charge on any atom is 0.249 e. The van der Waals surface area contributed by atoms with Crippen molar-refractivity contribution in [3.63, 3.8) is 0 Å². The minimum Gasteiger partial charge on any atom is -0.321 e. The summed E-state index contributed by atoms with van der Waals surface area (Å²) in [6, 6.07) is 4.92. The average Bonchev–Trinajstić information content (AvgIpc) is 3.15. The van der Waals surface area contributed by atoms with E-state index in [0.717, 1.165) is 21.4 Å². The van der Waals surface area contributed by atoms with E-state index >= 15 is 0 Å². The quantitative estimate of drug-likeness (QED) is 0.569. The second kappa shape index (κ2) is 8.04. The molecule has 1 amide bonds. The van der Waals surface area contributed by atoms with Gasteiger partial charge in [-0.05, 0) is 54.4 Å². The standard InChI is InChI=1S/C18H18BrCl2N5O/c1-10-17(23-18(27)12(3)25-9-14(19)7-22-25)11(2)26(24-10)8-13-4-5-15(20)6-16(13)21/h4-7,9,12H,8H2,1-3H3,(H,23,27). The lowest BCUT2D eigenvalue weighted by Gasteiger charge is -2.13. The third-order valence-corrected chi connectivity index (χ3v) is 5.31. The van der Waals surface area contributed by atoms with Crippen LogP contribution in [-0.2, 0) is 11.3 Å². The number of nitrogens with one attached hydrogen (secondary N) is 1.